The van der Waals surface area contributed by atoms with Crippen LogP contribution in [-0.4, -0.2) is 33.9 Å². The Kier molecular flexibility index (Phi) is 4.13. The van der Waals surface area contributed by atoms with E-state index in [0.717, 1.165) is 18.2 Å². The van der Waals surface area contributed by atoms with Gasteiger partial charge in [0.1, 0.15) is 5.82 Å². The average Bonchev–Trinajstić information content (AvgIpc) is 2.62. The van der Waals surface area contributed by atoms with Crippen molar-refractivity contribution in [3.63, 3.8) is 0 Å². The summed E-state index contributed by atoms with van der Waals surface area (Å²) >= 11 is 0. The van der Waals surface area contributed by atoms with E-state index in [0.29, 0.717) is 0 Å². The molecular formula is C12H17FN2O4S2. The molecule has 9 heteroatoms. The van der Waals surface area contributed by atoms with E-state index in [-0.39, 0.29) is 34.9 Å². The second-order valence-electron chi connectivity index (χ2n) is 5.47. The molecule has 0 spiro atoms. The van der Waals surface area contributed by atoms with Crippen LogP contribution in [0.25, 0.3) is 0 Å². The third kappa shape index (κ3) is 3.60. The van der Waals surface area contributed by atoms with Crippen LogP contribution in [0.3, 0.4) is 0 Å². The zero-order valence-corrected chi connectivity index (χ0v) is 13.1. The first-order chi connectivity index (χ1) is 9.57. The fraction of sp³-hybridized carbons (Fsp3) is 0.500. The molecule has 1 aromatic carbocycles. The number of sulfonamides is 1. The van der Waals surface area contributed by atoms with E-state index >= 15 is 0 Å². The number of benzene rings is 1. The van der Waals surface area contributed by atoms with Crippen molar-refractivity contribution in [2.45, 2.75) is 30.3 Å². The Morgan fingerprint density at radius 2 is 2.10 bits per heavy atom. The van der Waals surface area contributed by atoms with Crippen molar-refractivity contribution in [3.05, 3.63) is 29.6 Å². The van der Waals surface area contributed by atoms with Crippen LogP contribution in [0.4, 0.5) is 4.39 Å². The maximum absolute atomic E-state index is 13.4. The molecule has 1 saturated heterocycles. The van der Waals surface area contributed by atoms with Crippen molar-refractivity contribution < 1.29 is 21.2 Å². The molecule has 0 aliphatic carbocycles. The highest BCUT2D eigenvalue weighted by molar-refractivity contribution is 7.92. The highest BCUT2D eigenvalue weighted by atomic mass is 32.2. The number of nitrogens with one attached hydrogen (secondary N) is 1. The molecule has 1 aromatic rings. The van der Waals surface area contributed by atoms with Gasteiger partial charge in [-0.2, -0.15) is 0 Å². The lowest BCUT2D eigenvalue weighted by Crippen LogP contribution is -2.46. The number of hydrogen-bond acceptors (Lipinski definition) is 5. The van der Waals surface area contributed by atoms with E-state index in [1.807, 2.05) is 0 Å². The fourth-order valence-corrected chi connectivity index (χ4v) is 6.02. The predicted octanol–water partition coefficient (Wildman–Crippen LogP) is 0.140. The first kappa shape index (κ1) is 16.3. The largest absolute Gasteiger partial charge is 0.326 e. The van der Waals surface area contributed by atoms with Gasteiger partial charge in [-0.15, -0.1) is 0 Å². The molecule has 2 rings (SSSR count). The van der Waals surface area contributed by atoms with E-state index < -0.39 is 31.2 Å². The minimum absolute atomic E-state index is 0.0521. The lowest BCUT2D eigenvalue weighted by Gasteiger charge is -2.23. The molecule has 0 radical (unpaired) electrons. The summed E-state index contributed by atoms with van der Waals surface area (Å²) in [6, 6.07) is 3.32. The van der Waals surface area contributed by atoms with Crippen molar-refractivity contribution in [3.8, 4) is 0 Å². The van der Waals surface area contributed by atoms with Gasteiger partial charge in [0, 0.05) is 17.6 Å². The predicted molar refractivity (Wildman–Crippen MR) is 76.3 cm³/mol. The number of hydrogen-bond donors (Lipinski definition) is 2. The molecule has 1 aliphatic rings. The van der Waals surface area contributed by atoms with Crippen LogP contribution in [0.1, 0.15) is 18.9 Å². The van der Waals surface area contributed by atoms with E-state index in [2.05, 4.69) is 4.72 Å². The lowest BCUT2D eigenvalue weighted by atomic mass is 10.0. The third-order valence-corrected chi connectivity index (χ3v) is 6.97. The van der Waals surface area contributed by atoms with Crippen molar-refractivity contribution in [2.75, 3.05) is 11.5 Å². The van der Waals surface area contributed by atoms with Crippen LogP contribution in [0.5, 0.6) is 0 Å². The van der Waals surface area contributed by atoms with E-state index in [9.17, 15) is 21.2 Å². The number of sulfone groups is 1. The molecule has 118 valence electrons. The summed E-state index contributed by atoms with van der Waals surface area (Å²) in [6.07, 6.45) is 0.208. The summed E-state index contributed by atoms with van der Waals surface area (Å²) in [6.45, 7) is 1.42. The number of halogens is 1. The normalized spacial score (nSPS) is 25.1. The van der Waals surface area contributed by atoms with Gasteiger partial charge in [0.05, 0.1) is 16.4 Å². The molecule has 21 heavy (non-hydrogen) atoms. The van der Waals surface area contributed by atoms with Gasteiger partial charge in [0.2, 0.25) is 10.0 Å². The van der Waals surface area contributed by atoms with Gasteiger partial charge in [-0.1, -0.05) is 0 Å². The molecule has 1 fully saturated rings. The number of rotatable bonds is 4. The van der Waals surface area contributed by atoms with Crippen LogP contribution in [0, 0.1) is 5.82 Å². The Morgan fingerprint density at radius 3 is 2.62 bits per heavy atom. The van der Waals surface area contributed by atoms with Crippen molar-refractivity contribution >= 4 is 19.9 Å². The highest BCUT2D eigenvalue weighted by Crippen LogP contribution is 2.25. The maximum atomic E-state index is 13.4. The molecule has 0 aromatic heterocycles. The second-order valence-corrected chi connectivity index (χ2v) is 9.33. The van der Waals surface area contributed by atoms with Crippen LogP contribution >= 0.6 is 0 Å². The van der Waals surface area contributed by atoms with Crippen LogP contribution in [0.2, 0.25) is 0 Å². The maximum Gasteiger partial charge on any atom is 0.241 e. The van der Waals surface area contributed by atoms with Crippen LogP contribution in [-0.2, 0) is 26.4 Å². The Bertz CT molecular complexity index is 761. The van der Waals surface area contributed by atoms with Gasteiger partial charge in [0.25, 0.3) is 0 Å². The summed E-state index contributed by atoms with van der Waals surface area (Å²) in [5.41, 5.74) is 4.39. The lowest BCUT2D eigenvalue weighted by molar-refractivity contribution is 0.461. The molecule has 1 unspecified atom stereocenters. The van der Waals surface area contributed by atoms with Crippen molar-refractivity contribution in [2.24, 2.45) is 5.73 Å². The summed E-state index contributed by atoms with van der Waals surface area (Å²) in [7, 11) is -7.17. The minimum atomic E-state index is -3.94. The monoisotopic (exact) mass is 336 g/mol. The van der Waals surface area contributed by atoms with Crippen LogP contribution < -0.4 is 10.5 Å². The molecule has 1 atom stereocenters. The van der Waals surface area contributed by atoms with Gasteiger partial charge in [0.15, 0.2) is 9.84 Å². The Hall–Kier alpha value is -1.03. The molecule has 3 N–H and O–H groups in total. The van der Waals surface area contributed by atoms with Crippen molar-refractivity contribution in [1.29, 1.82) is 0 Å². The number of nitrogens with two attached hydrogens (primary N) is 1. The van der Waals surface area contributed by atoms with E-state index in [1.54, 1.807) is 6.92 Å². The third-order valence-electron chi connectivity index (χ3n) is 3.43. The van der Waals surface area contributed by atoms with E-state index in [4.69, 9.17) is 5.73 Å². The molecule has 0 amide bonds. The summed E-state index contributed by atoms with van der Waals surface area (Å²) < 4.78 is 63.4. The molecule has 0 saturated carbocycles. The van der Waals surface area contributed by atoms with E-state index in [1.165, 1.54) is 0 Å². The smallest absolute Gasteiger partial charge is 0.241 e. The topological polar surface area (TPSA) is 106 Å². The molecule has 1 aliphatic heterocycles. The van der Waals surface area contributed by atoms with Gasteiger partial charge in [-0.05, 0) is 31.5 Å². The Balaban J connectivity index is 2.31. The zero-order chi connectivity index (χ0) is 15.9. The summed E-state index contributed by atoms with van der Waals surface area (Å²) in [4.78, 5) is -0.130. The Morgan fingerprint density at radius 1 is 1.43 bits per heavy atom. The zero-order valence-electron chi connectivity index (χ0n) is 11.5. The second kappa shape index (κ2) is 5.31. The standard InChI is InChI=1S/C12H17FN2O4S2/c1-12(4-5-20(16,17)8-12)15-21(18,19)10-2-3-11(13)9(6-10)7-14/h2-3,6,15H,4-5,7-8,14H2,1H3. The SMILES string of the molecule is CC1(NS(=O)(=O)c2ccc(F)c(CN)c2)CCS(=O)(=O)C1. The van der Waals surface area contributed by atoms with Gasteiger partial charge < -0.3 is 5.73 Å². The Labute approximate surface area is 123 Å². The summed E-state index contributed by atoms with van der Waals surface area (Å²) in [5, 5.41) is 0. The van der Waals surface area contributed by atoms with Crippen molar-refractivity contribution in [1.82, 2.24) is 4.72 Å². The molecule has 0 bridgehead atoms. The quantitative estimate of drug-likeness (QED) is 0.813. The van der Waals surface area contributed by atoms with Gasteiger partial charge in [-0.25, -0.2) is 25.9 Å². The molecule has 6 nitrogen and oxygen atoms in total. The molecule has 1 heterocycles. The average molecular weight is 336 g/mol. The first-order valence-corrected chi connectivity index (χ1v) is 9.60. The first-order valence-electron chi connectivity index (χ1n) is 6.30. The fourth-order valence-electron chi connectivity index (χ4n) is 2.35. The minimum Gasteiger partial charge on any atom is -0.326 e. The highest BCUT2D eigenvalue weighted by Gasteiger charge is 2.41. The summed E-state index contributed by atoms with van der Waals surface area (Å²) in [5.74, 6) is -0.876. The van der Waals surface area contributed by atoms with Gasteiger partial charge >= 0.3 is 0 Å². The van der Waals surface area contributed by atoms with Crippen LogP contribution in [0.15, 0.2) is 23.1 Å². The van der Waals surface area contributed by atoms with Gasteiger partial charge in [-0.3, -0.25) is 0 Å². The molecular weight excluding hydrogens is 319 g/mol.